The van der Waals surface area contributed by atoms with Crippen LogP contribution in [-0.2, 0) is 4.79 Å². The van der Waals surface area contributed by atoms with E-state index in [-0.39, 0.29) is 12.5 Å². The highest BCUT2D eigenvalue weighted by molar-refractivity contribution is 9.10. The van der Waals surface area contributed by atoms with Gasteiger partial charge in [0.15, 0.2) is 0 Å². The molecule has 2 rings (SSSR count). The molecular weight excluding hydrogens is 322 g/mol. The zero-order valence-electron chi connectivity index (χ0n) is 11.4. The molecule has 1 aliphatic heterocycles. The van der Waals surface area contributed by atoms with Gasteiger partial charge in [-0.1, -0.05) is 22.0 Å². The van der Waals surface area contributed by atoms with Crippen molar-refractivity contribution in [2.24, 2.45) is 0 Å². The Morgan fingerprint density at radius 3 is 2.60 bits per heavy atom. The number of rotatable bonds is 5. The Balaban J connectivity index is 1.75. The zero-order valence-corrected chi connectivity index (χ0v) is 13.0. The average molecular weight is 342 g/mol. The Morgan fingerprint density at radius 2 is 1.95 bits per heavy atom. The maximum Gasteiger partial charge on any atom is 0.238 e. The van der Waals surface area contributed by atoms with E-state index < -0.39 is 0 Å². The number of nitrogens with zero attached hydrogens (tertiary/aromatic N) is 2. The van der Waals surface area contributed by atoms with Crippen molar-refractivity contribution >= 4 is 27.5 Å². The van der Waals surface area contributed by atoms with Crippen LogP contribution in [0, 0.1) is 0 Å². The molecule has 1 amide bonds. The number of halogens is 1. The van der Waals surface area contributed by atoms with E-state index in [1.807, 2.05) is 24.3 Å². The second-order valence-corrected chi connectivity index (χ2v) is 5.82. The summed E-state index contributed by atoms with van der Waals surface area (Å²) in [4.78, 5) is 16.3. The first-order chi connectivity index (χ1) is 9.67. The van der Waals surface area contributed by atoms with Gasteiger partial charge < -0.3 is 10.4 Å². The van der Waals surface area contributed by atoms with Crippen LogP contribution in [-0.4, -0.2) is 66.7 Å². The minimum atomic E-state index is 0.0127. The molecule has 0 atom stereocenters. The van der Waals surface area contributed by atoms with Crippen molar-refractivity contribution in [1.29, 1.82) is 0 Å². The maximum absolute atomic E-state index is 12.0. The van der Waals surface area contributed by atoms with Crippen molar-refractivity contribution in [3.8, 4) is 0 Å². The highest BCUT2D eigenvalue weighted by atomic mass is 79.9. The Morgan fingerprint density at radius 1 is 1.25 bits per heavy atom. The second-order valence-electron chi connectivity index (χ2n) is 4.90. The summed E-state index contributed by atoms with van der Waals surface area (Å²) >= 11 is 3.38. The minimum Gasteiger partial charge on any atom is -0.395 e. The third-order valence-electron chi connectivity index (χ3n) is 3.36. The van der Waals surface area contributed by atoms with Crippen LogP contribution in [0.25, 0.3) is 0 Å². The van der Waals surface area contributed by atoms with E-state index >= 15 is 0 Å². The average Bonchev–Trinajstić information content (AvgIpc) is 2.41. The van der Waals surface area contributed by atoms with E-state index in [4.69, 9.17) is 5.11 Å². The molecule has 1 aliphatic rings. The Bertz CT molecular complexity index is 448. The summed E-state index contributed by atoms with van der Waals surface area (Å²) in [6, 6.07) is 7.59. The highest BCUT2D eigenvalue weighted by Gasteiger charge is 2.18. The van der Waals surface area contributed by atoms with Crippen LogP contribution in [0.3, 0.4) is 0 Å². The monoisotopic (exact) mass is 341 g/mol. The summed E-state index contributed by atoms with van der Waals surface area (Å²) in [6.07, 6.45) is 0. The van der Waals surface area contributed by atoms with E-state index in [9.17, 15) is 4.79 Å². The number of aliphatic hydroxyl groups excluding tert-OH is 1. The normalized spacial score (nSPS) is 17.1. The van der Waals surface area contributed by atoms with E-state index in [2.05, 4.69) is 31.0 Å². The molecule has 1 saturated heterocycles. The van der Waals surface area contributed by atoms with Crippen molar-refractivity contribution in [3.05, 3.63) is 28.7 Å². The number of piperazine rings is 1. The van der Waals surface area contributed by atoms with Crippen LogP contribution in [0.2, 0.25) is 0 Å². The van der Waals surface area contributed by atoms with Gasteiger partial charge in [0, 0.05) is 42.9 Å². The molecule has 0 unspecified atom stereocenters. The molecule has 1 heterocycles. The summed E-state index contributed by atoms with van der Waals surface area (Å²) in [7, 11) is 0. The van der Waals surface area contributed by atoms with Crippen LogP contribution in [0.4, 0.5) is 5.69 Å². The fourth-order valence-corrected chi connectivity index (χ4v) is 2.68. The van der Waals surface area contributed by atoms with Gasteiger partial charge in [-0.25, -0.2) is 0 Å². The largest absolute Gasteiger partial charge is 0.395 e. The quantitative estimate of drug-likeness (QED) is 0.838. The number of β-amino-alcohol motifs (C(OH)–C–C–N with tert-alkyl or cyclic N) is 1. The van der Waals surface area contributed by atoms with Crippen LogP contribution in [0.1, 0.15) is 0 Å². The minimum absolute atomic E-state index is 0.0127. The first-order valence-corrected chi connectivity index (χ1v) is 7.57. The lowest BCUT2D eigenvalue weighted by atomic mass is 10.3. The predicted molar refractivity (Wildman–Crippen MR) is 82.7 cm³/mol. The summed E-state index contributed by atoms with van der Waals surface area (Å²) in [5.74, 6) is 0.0127. The lowest BCUT2D eigenvalue weighted by molar-refractivity contribution is -0.117. The van der Waals surface area contributed by atoms with Crippen LogP contribution >= 0.6 is 15.9 Å². The van der Waals surface area contributed by atoms with Gasteiger partial charge in [-0.05, 0) is 18.2 Å². The number of benzene rings is 1. The maximum atomic E-state index is 12.0. The first-order valence-electron chi connectivity index (χ1n) is 6.78. The molecule has 0 spiro atoms. The summed E-state index contributed by atoms with van der Waals surface area (Å²) in [5.41, 5.74) is 0.809. The van der Waals surface area contributed by atoms with E-state index in [1.165, 1.54) is 0 Å². The third-order valence-corrected chi connectivity index (χ3v) is 3.85. The predicted octanol–water partition coefficient (Wildman–Crippen LogP) is 0.998. The summed E-state index contributed by atoms with van der Waals surface area (Å²) in [5, 5.41) is 11.8. The molecule has 1 aromatic rings. The van der Waals surface area contributed by atoms with Crippen molar-refractivity contribution in [2.75, 3.05) is 51.2 Å². The van der Waals surface area contributed by atoms with E-state index in [0.717, 1.165) is 42.9 Å². The van der Waals surface area contributed by atoms with Crippen molar-refractivity contribution in [3.63, 3.8) is 0 Å². The number of nitrogens with one attached hydrogen (secondary N) is 1. The molecule has 1 fully saturated rings. The second kappa shape index (κ2) is 7.73. The molecule has 20 heavy (non-hydrogen) atoms. The van der Waals surface area contributed by atoms with Crippen LogP contribution in [0.5, 0.6) is 0 Å². The summed E-state index contributed by atoms with van der Waals surface area (Å²) < 4.78 is 0.952. The third kappa shape index (κ3) is 4.86. The van der Waals surface area contributed by atoms with Gasteiger partial charge in [-0.15, -0.1) is 0 Å². The lowest BCUT2D eigenvalue weighted by Crippen LogP contribution is -2.49. The fraction of sp³-hybridized carbons (Fsp3) is 0.500. The van der Waals surface area contributed by atoms with Crippen molar-refractivity contribution in [1.82, 2.24) is 9.80 Å². The summed E-state index contributed by atoms with van der Waals surface area (Å²) in [6.45, 7) is 4.88. The lowest BCUT2D eigenvalue weighted by Gasteiger charge is -2.33. The molecular formula is C14H20BrN3O2. The number of carbonyl (C=O) groups is 1. The first kappa shape index (κ1) is 15.4. The molecule has 0 saturated carbocycles. The number of hydrogen-bond acceptors (Lipinski definition) is 4. The molecule has 0 aliphatic carbocycles. The zero-order chi connectivity index (χ0) is 14.4. The van der Waals surface area contributed by atoms with Crippen LogP contribution in [0.15, 0.2) is 28.7 Å². The number of carbonyl (C=O) groups excluding carboxylic acids is 1. The number of amides is 1. The van der Waals surface area contributed by atoms with Gasteiger partial charge in [0.25, 0.3) is 0 Å². The molecule has 110 valence electrons. The number of hydrogen-bond donors (Lipinski definition) is 2. The molecule has 5 nitrogen and oxygen atoms in total. The van der Waals surface area contributed by atoms with Gasteiger partial charge in [0.1, 0.15) is 0 Å². The number of anilines is 1. The smallest absolute Gasteiger partial charge is 0.238 e. The Hall–Kier alpha value is -0.950. The van der Waals surface area contributed by atoms with E-state index in [0.29, 0.717) is 6.54 Å². The standard InChI is InChI=1S/C14H20BrN3O2/c15-12-2-1-3-13(10-12)16-14(20)11-18-6-4-17(5-7-18)8-9-19/h1-3,10,19H,4-9,11H2,(H,16,20). The molecule has 0 aromatic heterocycles. The molecule has 0 radical (unpaired) electrons. The molecule has 1 aromatic carbocycles. The highest BCUT2D eigenvalue weighted by Crippen LogP contribution is 2.15. The van der Waals surface area contributed by atoms with E-state index in [1.54, 1.807) is 0 Å². The van der Waals surface area contributed by atoms with Gasteiger partial charge in [-0.3, -0.25) is 14.6 Å². The molecule has 6 heteroatoms. The van der Waals surface area contributed by atoms with Crippen molar-refractivity contribution < 1.29 is 9.90 Å². The van der Waals surface area contributed by atoms with Crippen LogP contribution < -0.4 is 5.32 Å². The SMILES string of the molecule is O=C(CN1CCN(CCO)CC1)Nc1cccc(Br)c1. The number of aliphatic hydroxyl groups is 1. The fourth-order valence-electron chi connectivity index (χ4n) is 2.28. The van der Waals surface area contributed by atoms with Crippen molar-refractivity contribution in [2.45, 2.75) is 0 Å². The van der Waals surface area contributed by atoms with Gasteiger partial charge in [0.2, 0.25) is 5.91 Å². The Kier molecular flexibility index (Phi) is 5.97. The molecule has 2 N–H and O–H groups in total. The van der Waals surface area contributed by atoms with Gasteiger partial charge >= 0.3 is 0 Å². The van der Waals surface area contributed by atoms with Gasteiger partial charge in [0.05, 0.1) is 13.2 Å². The Labute approximate surface area is 127 Å². The topological polar surface area (TPSA) is 55.8 Å². The van der Waals surface area contributed by atoms with Gasteiger partial charge in [-0.2, -0.15) is 0 Å². The molecule has 0 bridgehead atoms.